The summed E-state index contributed by atoms with van der Waals surface area (Å²) >= 11 is 5.93. The number of hydrogen-bond acceptors (Lipinski definition) is 4. The van der Waals surface area contributed by atoms with Crippen molar-refractivity contribution in [2.75, 3.05) is 25.4 Å². The number of aromatic nitrogens is 1. The maximum atomic E-state index is 12.2. The molecule has 2 rings (SSSR count). The van der Waals surface area contributed by atoms with Crippen LogP contribution in [-0.4, -0.2) is 41.3 Å². The molecule has 0 radical (unpaired) electrons. The van der Waals surface area contributed by atoms with Gasteiger partial charge in [0.05, 0.1) is 5.02 Å². The van der Waals surface area contributed by atoms with Gasteiger partial charge in [0, 0.05) is 26.1 Å². The Morgan fingerprint density at radius 2 is 2.22 bits per heavy atom. The number of nitrogens with two attached hydrogens (primary N) is 1. The summed E-state index contributed by atoms with van der Waals surface area (Å²) in [5.74, 6) is -0.118. The minimum absolute atomic E-state index is 0.0584. The third-order valence-corrected chi connectivity index (χ3v) is 2.98. The number of hydrogen-bond donors (Lipinski definition) is 2. The molecule has 3 N–H and O–H groups in total. The molecular weight excluding hydrogens is 256 g/mol. The predicted octanol–water partition coefficient (Wildman–Crippen LogP) is 0.279. The van der Waals surface area contributed by atoms with E-state index in [1.165, 1.54) is 6.07 Å². The van der Waals surface area contributed by atoms with E-state index < -0.39 is 0 Å². The van der Waals surface area contributed by atoms with Crippen molar-refractivity contribution in [2.45, 2.75) is 6.42 Å². The molecule has 2 heterocycles. The van der Waals surface area contributed by atoms with Crippen molar-refractivity contribution in [1.82, 2.24) is 15.2 Å². The third-order valence-electron chi connectivity index (χ3n) is 2.67. The van der Waals surface area contributed by atoms with Gasteiger partial charge in [-0.2, -0.15) is 0 Å². The highest BCUT2D eigenvalue weighted by atomic mass is 35.5. The number of nitrogens with one attached hydrogen (secondary N) is 1. The van der Waals surface area contributed by atoms with Gasteiger partial charge in [-0.25, -0.2) is 4.98 Å². The Hall–Kier alpha value is -1.82. The van der Waals surface area contributed by atoms with Crippen LogP contribution in [0.25, 0.3) is 0 Å². The molecule has 0 bridgehead atoms. The molecule has 2 amide bonds. The summed E-state index contributed by atoms with van der Waals surface area (Å²) in [6, 6.07) is 3.07. The fraction of sp³-hybridized carbons (Fsp3) is 0.364. The van der Waals surface area contributed by atoms with Crippen LogP contribution in [0.1, 0.15) is 16.9 Å². The Labute approximate surface area is 109 Å². The molecule has 1 aliphatic heterocycles. The average Bonchev–Trinajstić information content (AvgIpc) is 2.56. The van der Waals surface area contributed by atoms with Gasteiger partial charge in [-0.1, -0.05) is 11.6 Å². The van der Waals surface area contributed by atoms with Gasteiger partial charge in [-0.3, -0.25) is 9.59 Å². The first-order chi connectivity index (χ1) is 8.58. The predicted molar refractivity (Wildman–Crippen MR) is 67.2 cm³/mol. The molecule has 18 heavy (non-hydrogen) atoms. The SMILES string of the molecule is Nc1ccc(Cl)c(C(=O)N2CCNC(=O)CC2)n1. The molecule has 6 nitrogen and oxygen atoms in total. The summed E-state index contributed by atoms with van der Waals surface area (Å²) in [5, 5.41) is 2.96. The molecule has 0 saturated carbocycles. The molecule has 1 saturated heterocycles. The van der Waals surface area contributed by atoms with Crippen LogP contribution in [0.4, 0.5) is 5.82 Å². The monoisotopic (exact) mass is 268 g/mol. The fourth-order valence-corrected chi connectivity index (χ4v) is 1.91. The molecule has 0 spiro atoms. The fourth-order valence-electron chi connectivity index (χ4n) is 1.73. The molecule has 1 aliphatic rings. The Kier molecular flexibility index (Phi) is 3.66. The van der Waals surface area contributed by atoms with E-state index in [4.69, 9.17) is 17.3 Å². The van der Waals surface area contributed by atoms with Crippen molar-refractivity contribution in [1.29, 1.82) is 0 Å². The average molecular weight is 269 g/mol. The number of carbonyl (C=O) groups is 2. The summed E-state index contributed by atoms with van der Waals surface area (Å²) in [5.41, 5.74) is 5.67. The molecule has 1 aromatic heterocycles. The molecule has 7 heteroatoms. The number of nitrogen functional groups attached to an aromatic ring is 1. The zero-order valence-electron chi connectivity index (χ0n) is 9.65. The Balaban J connectivity index is 2.19. The molecular formula is C11H13ClN4O2. The van der Waals surface area contributed by atoms with Crippen molar-refractivity contribution < 1.29 is 9.59 Å². The van der Waals surface area contributed by atoms with Crippen molar-refractivity contribution in [3.05, 3.63) is 22.8 Å². The Morgan fingerprint density at radius 3 is 3.00 bits per heavy atom. The Bertz CT molecular complexity index is 492. The topological polar surface area (TPSA) is 88.3 Å². The van der Waals surface area contributed by atoms with E-state index in [1.54, 1.807) is 11.0 Å². The third kappa shape index (κ3) is 2.70. The highest BCUT2D eigenvalue weighted by Gasteiger charge is 2.22. The first-order valence-electron chi connectivity index (χ1n) is 5.56. The van der Waals surface area contributed by atoms with Crippen LogP contribution in [0.3, 0.4) is 0 Å². The lowest BCUT2D eigenvalue weighted by Gasteiger charge is -2.19. The van der Waals surface area contributed by atoms with E-state index in [-0.39, 0.29) is 34.8 Å². The number of halogens is 1. The minimum atomic E-state index is -0.302. The minimum Gasteiger partial charge on any atom is -0.384 e. The summed E-state index contributed by atoms with van der Waals surface area (Å²) in [7, 11) is 0. The van der Waals surface area contributed by atoms with Crippen molar-refractivity contribution in [3.63, 3.8) is 0 Å². The zero-order valence-corrected chi connectivity index (χ0v) is 10.4. The van der Waals surface area contributed by atoms with Crippen molar-refractivity contribution in [2.24, 2.45) is 0 Å². The van der Waals surface area contributed by atoms with Crippen LogP contribution in [0.2, 0.25) is 5.02 Å². The lowest BCUT2D eigenvalue weighted by Crippen LogP contribution is -2.35. The van der Waals surface area contributed by atoms with Crippen molar-refractivity contribution >= 4 is 29.2 Å². The van der Waals surface area contributed by atoms with E-state index in [2.05, 4.69) is 10.3 Å². The molecule has 1 aromatic rings. The molecule has 1 fully saturated rings. The van der Waals surface area contributed by atoms with E-state index in [1.807, 2.05) is 0 Å². The van der Waals surface area contributed by atoms with E-state index in [9.17, 15) is 9.59 Å². The Morgan fingerprint density at radius 1 is 1.44 bits per heavy atom. The largest absolute Gasteiger partial charge is 0.384 e. The maximum Gasteiger partial charge on any atom is 0.274 e. The number of nitrogens with zero attached hydrogens (tertiary/aromatic N) is 2. The second-order valence-corrected chi connectivity index (χ2v) is 4.37. The highest BCUT2D eigenvalue weighted by Crippen LogP contribution is 2.17. The van der Waals surface area contributed by atoms with Crippen LogP contribution in [0, 0.1) is 0 Å². The summed E-state index contributed by atoms with van der Waals surface area (Å²) < 4.78 is 0. The van der Waals surface area contributed by atoms with Gasteiger partial charge in [0.1, 0.15) is 11.5 Å². The zero-order chi connectivity index (χ0) is 13.1. The normalized spacial score (nSPS) is 16.1. The van der Waals surface area contributed by atoms with Crippen LogP contribution in [0.15, 0.2) is 12.1 Å². The molecule has 96 valence electrons. The summed E-state index contributed by atoms with van der Waals surface area (Å²) in [6.07, 6.45) is 0.283. The standard InChI is InChI=1S/C11H13ClN4O2/c12-7-1-2-8(13)15-10(7)11(18)16-5-3-9(17)14-4-6-16/h1-2H,3-6H2,(H2,13,15)(H,14,17). The van der Waals surface area contributed by atoms with E-state index in [0.29, 0.717) is 19.6 Å². The number of anilines is 1. The van der Waals surface area contributed by atoms with Gasteiger partial charge in [0.25, 0.3) is 5.91 Å². The second-order valence-electron chi connectivity index (χ2n) is 3.96. The smallest absolute Gasteiger partial charge is 0.274 e. The first kappa shape index (κ1) is 12.6. The van der Waals surface area contributed by atoms with Gasteiger partial charge in [0.2, 0.25) is 5.91 Å². The second kappa shape index (κ2) is 5.22. The highest BCUT2D eigenvalue weighted by molar-refractivity contribution is 6.33. The molecule has 0 aliphatic carbocycles. The van der Waals surface area contributed by atoms with E-state index >= 15 is 0 Å². The maximum absolute atomic E-state index is 12.2. The van der Waals surface area contributed by atoms with Crippen LogP contribution in [0.5, 0.6) is 0 Å². The van der Waals surface area contributed by atoms with Crippen LogP contribution >= 0.6 is 11.6 Å². The van der Waals surface area contributed by atoms with Crippen LogP contribution in [-0.2, 0) is 4.79 Å². The van der Waals surface area contributed by atoms with Gasteiger partial charge in [0.15, 0.2) is 0 Å². The quantitative estimate of drug-likeness (QED) is 0.766. The lowest BCUT2D eigenvalue weighted by molar-refractivity contribution is -0.120. The van der Waals surface area contributed by atoms with Gasteiger partial charge in [-0.15, -0.1) is 0 Å². The van der Waals surface area contributed by atoms with E-state index in [0.717, 1.165) is 0 Å². The number of amides is 2. The first-order valence-corrected chi connectivity index (χ1v) is 5.93. The van der Waals surface area contributed by atoms with Crippen molar-refractivity contribution in [3.8, 4) is 0 Å². The molecule has 0 atom stereocenters. The van der Waals surface area contributed by atoms with Gasteiger partial charge in [-0.05, 0) is 12.1 Å². The number of rotatable bonds is 1. The lowest BCUT2D eigenvalue weighted by atomic mass is 10.3. The molecule has 0 aromatic carbocycles. The summed E-state index contributed by atoms with van der Waals surface area (Å²) in [4.78, 5) is 28.9. The molecule has 0 unspecified atom stereocenters. The van der Waals surface area contributed by atoms with Crippen LogP contribution < -0.4 is 11.1 Å². The van der Waals surface area contributed by atoms with Gasteiger partial charge < -0.3 is 16.0 Å². The summed E-state index contributed by atoms with van der Waals surface area (Å²) in [6.45, 7) is 1.24. The number of pyridine rings is 1. The van der Waals surface area contributed by atoms with Gasteiger partial charge >= 0.3 is 0 Å². The number of carbonyl (C=O) groups excluding carboxylic acids is 2.